The Morgan fingerprint density at radius 2 is 1.70 bits per heavy atom. The number of thiocarbonyl (C=S) groups is 1. The van der Waals surface area contributed by atoms with Gasteiger partial charge in [-0.2, -0.15) is 5.26 Å². The summed E-state index contributed by atoms with van der Waals surface area (Å²) < 4.78 is 16.7. The van der Waals surface area contributed by atoms with Crippen molar-refractivity contribution in [3.63, 3.8) is 0 Å². The molecule has 5 rings (SSSR count). The van der Waals surface area contributed by atoms with Crippen molar-refractivity contribution in [2.24, 2.45) is 0 Å². The molecule has 3 aromatic rings. The molecule has 222 valence electrons. The number of hydrogen-bond acceptors (Lipinski definition) is 7. The molecular weight excluding hydrogens is 582 g/mol. The van der Waals surface area contributed by atoms with Gasteiger partial charge in [0.25, 0.3) is 11.5 Å². The van der Waals surface area contributed by atoms with Crippen molar-refractivity contribution >= 4 is 51.8 Å². The Kier molecular flexibility index (Phi) is 9.33. The van der Waals surface area contributed by atoms with E-state index in [0.29, 0.717) is 64.6 Å². The fourth-order valence-corrected chi connectivity index (χ4v) is 7.10. The predicted molar refractivity (Wildman–Crippen MR) is 176 cm³/mol. The van der Waals surface area contributed by atoms with Gasteiger partial charge in [0.05, 0.1) is 16.6 Å². The first-order valence-corrected chi connectivity index (χ1v) is 15.7. The number of aromatic nitrogens is 1. The number of halogens is 1. The number of thioether (sulfide) groups is 1. The van der Waals surface area contributed by atoms with Crippen molar-refractivity contribution in [1.29, 1.82) is 5.26 Å². The van der Waals surface area contributed by atoms with Crippen LogP contribution in [0.5, 0.6) is 0 Å². The highest BCUT2D eigenvalue weighted by Gasteiger charge is 2.37. The van der Waals surface area contributed by atoms with E-state index in [1.807, 2.05) is 48.2 Å². The average Bonchev–Trinajstić information content (AvgIpc) is 3.30. The Morgan fingerprint density at radius 3 is 2.35 bits per heavy atom. The van der Waals surface area contributed by atoms with Crippen molar-refractivity contribution in [3.8, 4) is 6.07 Å². The number of piperazine rings is 1. The molecule has 2 saturated heterocycles. The molecular formula is C33H34FN5O2S2. The highest BCUT2D eigenvalue weighted by molar-refractivity contribution is 8.26. The van der Waals surface area contributed by atoms with Crippen LogP contribution >= 0.6 is 24.0 Å². The Balaban J connectivity index is 1.57. The van der Waals surface area contributed by atoms with Gasteiger partial charge >= 0.3 is 0 Å². The van der Waals surface area contributed by atoms with E-state index in [0.717, 1.165) is 18.4 Å². The third-order valence-corrected chi connectivity index (χ3v) is 9.45. The molecule has 0 bridgehead atoms. The lowest BCUT2D eigenvalue weighted by atomic mass is 10.0. The second-order valence-corrected chi connectivity index (χ2v) is 12.4. The normalized spacial score (nSPS) is 17.1. The summed E-state index contributed by atoms with van der Waals surface area (Å²) in [5, 5.41) is 10.0. The van der Waals surface area contributed by atoms with Gasteiger partial charge in [0.2, 0.25) is 0 Å². The number of nitriles is 1. The minimum atomic E-state index is -0.331. The molecule has 0 N–H and O–H groups in total. The molecule has 0 radical (unpaired) electrons. The minimum Gasteiger partial charge on any atom is -0.366 e. The van der Waals surface area contributed by atoms with E-state index in [2.05, 4.69) is 17.9 Å². The van der Waals surface area contributed by atoms with Crippen molar-refractivity contribution in [2.45, 2.75) is 46.2 Å². The number of benzene rings is 2. The number of carbonyl (C=O) groups excluding carboxylic acids is 1. The molecule has 2 fully saturated rings. The van der Waals surface area contributed by atoms with E-state index in [1.165, 1.54) is 17.8 Å². The fourth-order valence-electron chi connectivity index (χ4n) is 5.70. The van der Waals surface area contributed by atoms with E-state index < -0.39 is 0 Å². The van der Waals surface area contributed by atoms with Gasteiger partial charge in [-0.3, -0.25) is 19.1 Å². The summed E-state index contributed by atoms with van der Waals surface area (Å²) in [7, 11) is 0. The molecule has 7 nitrogen and oxygen atoms in total. The quantitative estimate of drug-likeness (QED) is 0.219. The van der Waals surface area contributed by atoms with Crippen LogP contribution < -0.4 is 15.4 Å². The maximum absolute atomic E-state index is 14.6. The molecule has 10 heteroatoms. The van der Waals surface area contributed by atoms with Crippen LogP contribution in [0.1, 0.15) is 55.0 Å². The monoisotopic (exact) mass is 615 g/mol. The number of para-hydroxylation sites is 1. The molecule has 2 aromatic carbocycles. The molecule has 0 aliphatic carbocycles. The zero-order valence-electron chi connectivity index (χ0n) is 24.5. The fraction of sp³-hybridized carbons (Fsp3) is 0.333. The number of rotatable bonds is 8. The van der Waals surface area contributed by atoms with Gasteiger partial charge in [0.15, 0.2) is 0 Å². The molecule has 0 spiro atoms. The summed E-state index contributed by atoms with van der Waals surface area (Å²) in [6, 6.07) is 18.3. The molecule has 43 heavy (non-hydrogen) atoms. The largest absolute Gasteiger partial charge is 0.366 e. The summed E-state index contributed by atoms with van der Waals surface area (Å²) >= 11 is 6.91. The predicted octanol–water partition coefficient (Wildman–Crippen LogP) is 6.26. The van der Waals surface area contributed by atoms with Crippen LogP contribution in [0.2, 0.25) is 0 Å². The lowest BCUT2D eigenvalue weighted by Crippen LogP contribution is -2.49. The number of unbranched alkanes of at least 4 members (excludes halogenated alkanes) is 1. The molecule has 3 heterocycles. The van der Waals surface area contributed by atoms with E-state index in [1.54, 1.807) is 34.6 Å². The first-order valence-electron chi connectivity index (χ1n) is 14.5. The Morgan fingerprint density at radius 1 is 1.05 bits per heavy atom. The molecule has 2 aliphatic heterocycles. The van der Waals surface area contributed by atoms with Crippen LogP contribution in [0, 0.1) is 24.1 Å². The van der Waals surface area contributed by atoms with Gasteiger partial charge in [0.1, 0.15) is 27.6 Å². The summed E-state index contributed by atoms with van der Waals surface area (Å²) in [5.74, 6) is 0.216. The number of nitrogens with zero attached hydrogens (tertiary/aromatic N) is 5. The molecule has 1 atom stereocenters. The Labute approximate surface area is 261 Å². The molecule has 0 saturated carbocycles. The third kappa shape index (κ3) is 5.97. The first-order chi connectivity index (χ1) is 20.8. The Hall–Kier alpha value is -3.94. The topological polar surface area (TPSA) is 72.6 Å². The molecule has 1 amide bonds. The van der Waals surface area contributed by atoms with E-state index in [4.69, 9.17) is 12.2 Å². The lowest BCUT2D eigenvalue weighted by Gasteiger charge is -2.39. The lowest BCUT2D eigenvalue weighted by molar-refractivity contribution is -0.123. The summed E-state index contributed by atoms with van der Waals surface area (Å²) in [6.45, 7) is 8.40. The van der Waals surface area contributed by atoms with E-state index in [-0.39, 0.29) is 28.9 Å². The number of amides is 1. The SMILES string of the molecule is CCCCn1c(N2CCN(c3ccccc3F)CC2)c(/C=C2/SC(=S)N(C(C)c3ccccc3)C2=O)c(C)c(C#N)c1=O. The number of hydrogen-bond donors (Lipinski definition) is 0. The minimum absolute atomic E-state index is 0.0734. The van der Waals surface area contributed by atoms with Crippen LogP contribution in [0.15, 0.2) is 64.3 Å². The van der Waals surface area contributed by atoms with Crippen molar-refractivity contribution in [2.75, 3.05) is 36.0 Å². The Bertz CT molecular complexity index is 1670. The number of carbonyl (C=O) groups is 1. The van der Waals surface area contributed by atoms with Gasteiger partial charge in [-0.15, -0.1) is 0 Å². The van der Waals surface area contributed by atoms with Crippen molar-refractivity contribution < 1.29 is 9.18 Å². The summed E-state index contributed by atoms with van der Waals surface area (Å²) in [4.78, 5) is 33.7. The van der Waals surface area contributed by atoms with Crippen LogP contribution in [0.4, 0.5) is 15.9 Å². The van der Waals surface area contributed by atoms with Gasteiger partial charge in [0, 0.05) is 38.3 Å². The van der Waals surface area contributed by atoms with Gasteiger partial charge in [-0.25, -0.2) is 4.39 Å². The molecule has 1 unspecified atom stereocenters. The standard InChI is InChI=1S/C33H34FN5O2S2/c1-4-5-15-38-30(37-18-16-36(17-19-37)28-14-10-9-13-27(28)34)25(22(2)26(21-35)31(38)40)20-29-32(41)39(33(42)43-29)23(3)24-11-7-6-8-12-24/h6-14,20,23H,4-5,15-19H2,1-3H3/b29-20+. The third-order valence-electron chi connectivity index (χ3n) is 8.12. The van der Waals surface area contributed by atoms with E-state index in [9.17, 15) is 19.2 Å². The highest BCUT2D eigenvalue weighted by Crippen LogP contribution is 2.40. The van der Waals surface area contributed by atoms with Crippen molar-refractivity contribution in [3.05, 3.63) is 97.9 Å². The maximum atomic E-state index is 14.6. The summed E-state index contributed by atoms with van der Waals surface area (Å²) in [6.07, 6.45) is 3.42. The highest BCUT2D eigenvalue weighted by atomic mass is 32.2. The smallest absolute Gasteiger partial charge is 0.270 e. The number of anilines is 2. The van der Waals surface area contributed by atoms with Crippen LogP contribution in [0.3, 0.4) is 0 Å². The van der Waals surface area contributed by atoms with Gasteiger partial charge < -0.3 is 9.80 Å². The van der Waals surface area contributed by atoms with Crippen molar-refractivity contribution in [1.82, 2.24) is 9.47 Å². The first kappa shape index (κ1) is 30.5. The van der Waals surface area contributed by atoms with Gasteiger partial charge in [-0.1, -0.05) is 79.8 Å². The van der Waals surface area contributed by atoms with Crippen LogP contribution in [-0.4, -0.2) is 45.9 Å². The zero-order valence-corrected chi connectivity index (χ0v) is 26.2. The van der Waals surface area contributed by atoms with Crippen LogP contribution in [0.25, 0.3) is 6.08 Å². The average molecular weight is 616 g/mol. The zero-order chi connectivity index (χ0) is 30.7. The number of pyridine rings is 1. The van der Waals surface area contributed by atoms with Crippen LogP contribution in [-0.2, 0) is 11.3 Å². The second kappa shape index (κ2) is 13.1. The maximum Gasteiger partial charge on any atom is 0.270 e. The summed E-state index contributed by atoms with van der Waals surface area (Å²) in [5.41, 5.74) is 2.47. The van der Waals surface area contributed by atoms with Gasteiger partial charge in [-0.05, 0) is 49.6 Å². The second-order valence-electron chi connectivity index (χ2n) is 10.7. The molecule has 1 aromatic heterocycles. The van der Waals surface area contributed by atoms with E-state index >= 15 is 0 Å². The molecule has 2 aliphatic rings.